The highest BCUT2D eigenvalue weighted by atomic mass is 16.5. The molecular formula is C18H29N2O3+. The fourth-order valence-electron chi connectivity index (χ4n) is 3.35. The Hall–Kier alpha value is -1.59. The number of carbonyl (C=O) groups excluding carboxylic acids is 1. The number of quaternary nitrogens is 1. The van der Waals surface area contributed by atoms with E-state index in [0.717, 1.165) is 12.2 Å². The second-order valence-electron chi connectivity index (χ2n) is 6.68. The molecule has 0 radical (unpaired) electrons. The number of piperidine rings is 1. The maximum atomic E-state index is 11.0. The van der Waals surface area contributed by atoms with Crippen molar-refractivity contribution in [3.8, 4) is 5.75 Å². The minimum atomic E-state index is -0.469. The van der Waals surface area contributed by atoms with E-state index in [1.807, 2.05) is 0 Å². The first kappa shape index (κ1) is 17.8. The van der Waals surface area contributed by atoms with Crippen LogP contribution in [0.1, 0.15) is 40.0 Å². The predicted molar refractivity (Wildman–Crippen MR) is 90.9 cm³/mol. The second-order valence-corrected chi connectivity index (χ2v) is 6.68. The first-order valence-electron chi connectivity index (χ1n) is 8.50. The molecule has 1 aromatic carbocycles. The molecule has 0 aliphatic carbocycles. The summed E-state index contributed by atoms with van der Waals surface area (Å²) < 4.78 is 5.66. The molecular weight excluding hydrogens is 292 g/mol. The van der Waals surface area contributed by atoms with Crippen molar-refractivity contribution >= 4 is 11.6 Å². The smallest absolute Gasteiger partial charge is 0.221 e. The van der Waals surface area contributed by atoms with E-state index in [0.29, 0.717) is 24.4 Å². The van der Waals surface area contributed by atoms with Gasteiger partial charge in [-0.25, -0.2) is 0 Å². The standard InChI is InChI=1S/C18H28N2O3/c1-13-5-4-6-14(2)20(13)11-17(22)12-23-18-9-7-16(8-10-18)19-15(3)21/h7-10,13-14,17,22H,4-6,11-12H2,1-3H3,(H,19,21)/p+1/t13-,14-,17-/m0/s1. The number of aliphatic hydroxyl groups is 1. The van der Waals surface area contributed by atoms with Gasteiger partial charge in [-0.3, -0.25) is 4.79 Å². The van der Waals surface area contributed by atoms with Gasteiger partial charge in [0, 0.05) is 12.6 Å². The second kappa shape index (κ2) is 8.31. The Labute approximate surface area is 138 Å². The molecule has 1 heterocycles. The van der Waals surface area contributed by atoms with E-state index in [4.69, 9.17) is 4.74 Å². The van der Waals surface area contributed by atoms with Gasteiger partial charge < -0.3 is 20.1 Å². The molecule has 0 unspecified atom stereocenters. The summed E-state index contributed by atoms with van der Waals surface area (Å²) in [4.78, 5) is 12.5. The van der Waals surface area contributed by atoms with E-state index >= 15 is 0 Å². The van der Waals surface area contributed by atoms with Crippen molar-refractivity contribution in [3.05, 3.63) is 24.3 Å². The maximum Gasteiger partial charge on any atom is 0.221 e. The molecule has 1 fully saturated rings. The molecule has 0 saturated carbocycles. The molecule has 0 aromatic heterocycles. The molecule has 3 N–H and O–H groups in total. The largest absolute Gasteiger partial charge is 0.491 e. The van der Waals surface area contributed by atoms with Crippen LogP contribution >= 0.6 is 0 Å². The van der Waals surface area contributed by atoms with Gasteiger partial charge in [-0.05, 0) is 57.4 Å². The Morgan fingerprint density at radius 2 is 1.91 bits per heavy atom. The van der Waals surface area contributed by atoms with Gasteiger partial charge in [0.05, 0.1) is 12.1 Å². The monoisotopic (exact) mass is 321 g/mol. The highest BCUT2D eigenvalue weighted by molar-refractivity contribution is 5.88. The molecule has 0 spiro atoms. The van der Waals surface area contributed by atoms with Gasteiger partial charge in [-0.1, -0.05) is 0 Å². The third kappa shape index (κ3) is 5.52. The van der Waals surface area contributed by atoms with Crippen molar-refractivity contribution < 1.29 is 19.5 Å². The number of amides is 1. The molecule has 1 aromatic rings. The average molecular weight is 321 g/mol. The molecule has 1 amide bonds. The molecule has 1 saturated heterocycles. The molecule has 128 valence electrons. The Bertz CT molecular complexity index is 493. The van der Waals surface area contributed by atoms with Crippen LogP contribution in [-0.4, -0.2) is 42.4 Å². The minimum Gasteiger partial charge on any atom is -0.491 e. The predicted octanol–water partition coefficient (Wildman–Crippen LogP) is 1.23. The third-order valence-corrected chi connectivity index (χ3v) is 4.63. The van der Waals surface area contributed by atoms with E-state index in [1.54, 1.807) is 24.3 Å². The van der Waals surface area contributed by atoms with E-state index < -0.39 is 6.10 Å². The third-order valence-electron chi connectivity index (χ3n) is 4.63. The number of hydrogen-bond donors (Lipinski definition) is 3. The van der Waals surface area contributed by atoms with Crippen molar-refractivity contribution in [2.45, 2.75) is 58.2 Å². The van der Waals surface area contributed by atoms with Crippen LogP contribution in [0.25, 0.3) is 0 Å². The molecule has 23 heavy (non-hydrogen) atoms. The first-order chi connectivity index (χ1) is 11.0. The average Bonchev–Trinajstić information content (AvgIpc) is 2.50. The molecule has 5 heteroatoms. The van der Waals surface area contributed by atoms with Crippen molar-refractivity contribution in [1.82, 2.24) is 0 Å². The van der Waals surface area contributed by atoms with Crippen molar-refractivity contribution in [2.24, 2.45) is 0 Å². The van der Waals surface area contributed by atoms with E-state index in [1.165, 1.54) is 31.1 Å². The molecule has 5 nitrogen and oxygen atoms in total. The lowest BCUT2D eigenvalue weighted by Crippen LogP contribution is -3.20. The van der Waals surface area contributed by atoms with E-state index in [2.05, 4.69) is 19.2 Å². The van der Waals surface area contributed by atoms with Crippen LogP contribution in [0.5, 0.6) is 5.75 Å². The van der Waals surface area contributed by atoms with Crippen LogP contribution in [0, 0.1) is 0 Å². The quantitative estimate of drug-likeness (QED) is 0.738. The van der Waals surface area contributed by atoms with Crippen molar-refractivity contribution in [2.75, 3.05) is 18.5 Å². The van der Waals surface area contributed by atoms with Crippen molar-refractivity contribution in [3.63, 3.8) is 0 Å². The molecule has 1 aliphatic rings. The van der Waals surface area contributed by atoms with E-state index in [-0.39, 0.29) is 5.91 Å². The van der Waals surface area contributed by atoms with Crippen molar-refractivity contribution in [1.29, 1.82) is 0 Å². The summed E-state index contributed by atoms with van der Waals surface area (Å²) >= 11 is 0. The number of ether oxygens (including phenoxy) is 1. The fourth-order valence-corrected chi connectivity index (χ4v) is 3.35. The zero-order chi connectivity index (χ0) is 16.8. The zero-order valence-electron chi connectivity index (χ0n) is 14.3. The van der Waals surface area contributed by atoms with Gasteiger partial charge in [0.2, 0.25) is 5.91 Å². The lowest BCUT2D eigenvalue weighted by atomic mass is 9.97. The highest BCUT2D eigenvalue weighted by Crippen LogP contribution is 2.15. The summed E-state index contributed by atoms with van der Waals surface area (Å²) in [6.07, 6.45) is 3.29. The highest BCUT2D eigenvalue weighted by Gasteiger charge is 2.30. The van der Waals surface area contributed by atoms with Gasteiger partial charge in [-0.15, -0.1) is 0 Å². The Morgan fingerprint density at radius 3 is 2.48 bits per heavy atom. The number of rotatable bonds is 6. The Balaban J connectivity index is 1.79. The maximum absolute atomic E-state index is 11.0. The number of aliphatic hydroxyl groups excluding tert-OH is 1. The SMILES string of the molecule is CC(=O)Nc1ccc(OC[C@@H](O)C[NH+]2[C@@H](C)CCC[C@@H]2C)cc1. The van der Waals surface area contributed by atoms with Crippen LogP contribution in [-0.2, 0) is 4.79 Å². The molecule has 0 bridgehead atoms. The Morgan fingerprint density at radius 1 is 1.30 bits per heavy atom. The van der Waals surface area contributed by atoms with Crippen LogP contribution < -0.4 is 15.0 Å². The molecule has 3 atom stereocenters. The zero-order valence-corrected chi connectivity index (χ0v) is 14.3. The van der Waals surface area contributed by atoms with Gasteiger partial charge in [0.25, 0.3) is 0 Å². The summed E-state index contributed by atoms with van der Waals surface area (Å²) in [5.74, 6) is 0.606. The van der Waals surface area contributed by atoms with E-state index in [9.17, 15) is 9.90 Å². The lowest BCUT2D eigenvalue weighted by molar-refractivity contribution is -0.954. The number of nitrogens with one attached hydrogen (secondary N) is 2. The van der Waals surface area contributed by atoms with Gasteiger partial charge in [-0.2, -0.15) is 0 Å². The van der Waals surface area contributed by atoms with Crippen LogP contribution in [0.2, 0.25) is 0 Å². The Kier molecular flexibility index (Phi) is 6.42. The molecule has 2 rings (SSSR count). The number of anilines is 1. The van der Waals surface area contributed by atoms with Gasteiger partial charge in [0.15, 0.2) is 0 Å². The lowest BCUT2D eigenvalue weighted by Gasteiger charge is -2.36. The topological polar surface area (TPSA) is 63.0 Å². The number of hydrogen-bond acceptors (Lipinski definition) is 3. The summed E-state index contributed by atoms with van der Waals surface area (Å²) in [6.45, 7) is 7.03. The first-order valence-corrected chi connectivity index (χ1v) is 8.50. The fraction of sp³-hybridized carbons (Fsp3) is 0.611. The summed E-state index contributed by atoms with van der Waals surface area (Å²) in [5.41, 5.74) is 0.741. The number of benzene rings is 1. The minimum absolute atomic E-state index is 0.0955. The van der Waals surface area contributed by atoms with Crippen LogP contribution in [0.4, 0.5) is 5.69 Å². The number of likely N-dealkylation sites (tertiary alicyclic amines) is 1. The molecule has 1 aliphatic heterocycles. The number of carbonyl (C=O) groups is 1. The summed E-state index contributed by atoms with van der Waals surface area (Å²) in [7, 11) is 0. The summed E-state index contributed by atoms with van der Waals surface area (Å²) in [6, 6.07) is 8.40. The van der Waals surface area contributed by atoms with Gasteiger partial charge >= 0.3 is 0 Å². The van der Waals surface area contributed by atoms with Crippen LogP contribution in [0.3, 0.4) is 0 Å². The van der Waals surface area contributed by atoms with Crippen LogP contribution in [0.15, 0.2) is 24.3 Å². The summed E-state index contributed by atoms with van der Waals surface area (Å²) in [5, 5.41) is 13.0. The van der Waals surface area contributed by atoms with Gasteiger partial charge in [0.1, 0.15) is 25.0 Å². The normalized spacial score (nSPS) is 23.3.